The lowest BCUT2D eigenvalue weighted by molar-refractivity contribution is -0.129. The van der Waals surface area contributed by atoms with Gasteiger partial charge in [0.25, 0.3) is 0 Å². The molecule has 0 aliphatic carbocycles. The summed E-state index contributed by atoms with van der Waals surface area (Å²) in [4.78, 5) is 25.6. The Morgan fingerprint density at radius 2 is 1.86 bits per heavy atom. The summed E-state index contributed by atoms with van der Waals surface area (Å²) in [6.45, 7) is 3.85. The molecule has 1 aromatic carbocycles. The predicted octanol–water partition coefficient (Wildman–Crippen LogP) is 2.76. The van der Waals surface area contributed by atoms with E-state index in [0.29, 0.717) is 17.4 Å². The number of likely N-dealkylation sites (tertiary alicyclic amines) is 1. The number of hydrogen-bond acceptors (Lipinski definition) is 3. The molecule has 1 aliphatic heterocycles. The van der Waals surface area contributed by atoms with Gasteiger partial charge in [0.1, 0.15) is 5.82 Å². The molecule has 0 bridgehead atoms. The van der Waals surface area contributed by atoms with Crippen molar-refractivity contribution in [2.45, 2.75) is 19.8 Å². The van der Waals surface area contributed by atoms with Crippen LogP contribution in [0.5, 0.6) is 0 Å². The molecule has 1 aromatic rings. The number of carbonyl (C=O) groups excluding carboxylic acids is 2. The summed E-state index contributed by atoms with van der Waals surface area (Å²) in [5, 5.41) is 2.68. The molecule has 6 heteroatoms. The third-order valence-electron chi connectivity index (χ3n) is 3.72. The molecule has 1 saturated heterocycles. The molecule has 0 spiro atoms. The lowest BCUT2D eigenvalue weighted by atomic mass is 9.99. The molecule has 0 saturated carbocycles. The van der Waals surface area contributed by atoms with E-state index in [1.807, 2.05) is 4.90 Å². The van der Waals surface area contributed by atoms with Crippen molar-refractivity contribution in [3.8, 4) is 0 Å². The van der Waals surface area contributed by atoms with Crippen LogP contribution in [0.4, 0.5) is 10.1 Å². The quantitative estimate of drug-likeness (QED) is 0.906. The molecule has 2 amide bonds. The summed E-state index contributed by atoms with van der Waals surface area (Å²) in [6.07, 6.45) is 2.11. The minimum Gasteiger partial charge on any atom is -0.342 e. The molecular weight excluding hydrogens is 303 g/mol. The topological polar surface area (TPSA) is 49.4 Å². The molecule has 4 nitrogen and oxygen atoms in total. The van der Waals surface area contributed by atoms with Gasteiger partial charge in [0.2, 0.25) is 11.8 Å². The average molecular weight is 324 g/mol. The van der Waals surface area contributed by atoms with Crippen LogP contribution in [0.1, 0.15) is 19.8 Å². The summed E-state index contributed by atoms with van der Waals surface area (Å²) < 4.78 is 12.8. The van der Waals surface area contributed by atoms with E-state index >= 15 is 0 Å². The first-order valence-electron chi connectivity index (χ1n) is 7.45. The highest BCUT2D eigenvalue weighted by atomic mass is 32.2. The number of hydrogen-bond donors (Lipinski definition) is 1. The largest absolute Gasteiger partial charge is 0.342 e. The number of thioether (sulfide) groups is 1. The summed E-state index contributed by atoms with van der Waals surface area (Å²) >= 11 is 1.31. The first-order chi connectivity index (χ1) is 10.5. The zero-order chi connectivity index (χ0) is 15.9. The van der Waals surface area contributed by atoms with Gasteiger partial charge < -0.3 is 10.2 Å². The zero-order valence-corrected chi connectivity index (χ0v) is 13.5. The Bertz CT molecular complexity index is 513. The van der Waals surface area contributed by atoms with Gasteiger partial charge in [-0.25, -0.2) is 4.39 Å². The van der Waals surface area contributed by atoms with Crippen LogP contribution in [0.3, 0.4) is 0 Å². The van der Waals surface area contributed by atoms with E-state index in [9.17, 15) is 14.0 Å². The predicted molar refractivity (Wildman–Crippen MR) is 87.3 cm³/mol. The van der Waals surface area contributed by atoms with Crippen LogP contribution in [0, 0.1) is 11.7 Å². The number of nitrogens with zero attached hydrogens (tertiary/aromatic N) is 1. The summed E-state index contributed by atoms with van der Waals surface area (Å²) in [6, 6.07) is 5.61. The van der Waals surface area contributed by atoms with Crippen LogP contribution < -0.4 is 5.32 Å². The van der Waals surface area contributed by atoms with Gasteiger partial charge in [-0.1, -0.05) is 6.92 Å². The molecule has 1 heterocycles. The maximum absolute atomic E-state index is 12.8. The Kier molecular flexibility index (Phi) is 6.24. The highest BCUT2D eigenvalue weighted by molar-refractivity contribution is 8.00. The maximum Gasteiger partial charge on any atom is 0.234 e. The lowest BCUT2D eigenvalue weighted by Gasteiger charge is -2.30. The van der Waals surface area contributed by atoms with E-state index in [1.54, 1.807) is 0 Å². The molecule has 0 aromatic heterocycles. The highest BCUT2D eigenvalue weighted by Crippen LogP contribution is 2.17. The maximum atomic E-state index is 12.8. The van der Waals surface area contributed by atoms with E-state index in [4.69, 9.17) is 0 Å². The monoisotopic (exact) mass is 324 g/mol. The van der Waals surface area contributed by atoms with E-state index < -0.39 is 0 Å². The van der Waals surface area contributed by atoms with E-state index in [0.717, 1.165) is 25.9 Å². The van der Waals surface area contributed by atoms with Gasteiger partial charge in [-0.2, -0.15) is 0 Å². The fourth-order valence-electron chi connectivity index (χ4n) is 2.31. The highest BCUT2D eigenvalue weighted by Gasteiger charge is 2.20. The van der Waals surface area contributed by atoms with Crippen LogP contribution in [0.15, 0.2) is 24.3 Å². The van der Waals surface area contributed by atoms with Gasteiger partial charge in [0, 0.05) is 18.8 Å². The van der Waals surface area contributed by atoms with Crippen molar-refractivity contribution >= 4 is 29.3 Å². The van der Waals surface area contributed by atoms with Gasteiger partial charge >= 0.3 is 0 Å². The molecule has 1 aliphatic rings. The van der Waals surface area contributed by atoms with Crippen molar-refractivity contribution in [3.05, 3.63) is 30.1 Å². The number of nitrogens with one attached hydrogen (secondary N) is 1. The second-order valence-corrected chi connectivity index (χ2v) is 6.60. The summed E-state index contributed by atoms with van der Waals surface area (Å²) in [5.41, 5.74) is 0.559. The molecule has 0 atom stereocenters. The number of rotatable bonds is 5. The molecule has 120 valence electrons. The fourth-order valence-corrected chi connectivity index (χ4v) is 3.03. The molecule has 22 heavy (non-hydrogen) atoms. The van der Waals surface area contributed by atoms with Gasteiger partial charge in [0.05, 0.1) is 11.5 Å². The standard InChI is InChI=1S/C16H21FN2O2S/c1-12-6-8-19(9-7-12)16(21)11-22-10-15(20)18-14-4-2-13(17)3-5-14/h2-5,12H,6-11H2,1H3,(H,18,20). The van der Waals surface area contributed by atoms with Crippen LogP contribution >= 0.6 is 11.8 Å². The third kappa shape index (κ3) is 5.33. The number of halogens is 1. The summed E-state index contributed by atoms with van der Waals surface area (Å²) in [5.74, 6) is 0.814. The number of piperidine rings is 1. The average Bonchev–Trinajstić information content (AvgIpc) is 2.50. The Morgan fingerprint density at radius 3 is 2.50 bits per heavy atom. The van der Waals surface area contributed by atoms with Gasteiger partial charge in [0.15, 0.2) is 0 Å². The summed E-state index contributed by atoms with van der Waals surface area (Å²) in [7, 11) is 0. The Morgan fingerprint density at radius 1 is 1.23 bits per heavy atom. The third-order valence-corrected chi connectivity index (χ3v) is 4.64. The fraction of sp³-hybridized carbons (Fsp3) is 0.500. The van der Waals surface area contributed by atoms with Crippen molar-refractivity contribution in [2.75, 3.05) is 29.9 Å². The Labute approximate surface area is 134 Å². The Hall–Kier alpha value is -1.56. The normalized spacial score (nSPS) is 15.6. The van der Waals surface area contributed by atoms with E-state index in [1.165, 1.54) is 36.0 Å². The van der Waals surface area contributed by atoms with Crippen molar-refractivity contribution in [2.24, 2.45) is 5.92 Å². The van der Waals surface area contributed by atoms with Crippen LogP contribution in [0.25, 0.3) is 0 Å². The molecule has 1 fully saturated rings. The minimum absolute atomic E-state index is 0.103. The van der Waals surface area contributed by atoms with E-state index in [2.05, 4.69) is 12.2 Å². The second kappa shape index (κ2) is 8.17. The first kappa shape index (κ1) is 16.8. The number of carbonyl (C=O) groups is 2. The SMILES string of the molecule is CC1CCN(C(=O)CSCC(=O)Nc2ccc(F)cc2)CC1. The van der Waals surface area contributed by atoms with Crippen molar-refractivity contribution in [1.82, 2.24) is 4.90 Å². The second-order valence-electron chi connectivity index (χ2n) is 5.61. The Balaban J connectivity index is 1.66. The lowest BCUT2D eigenvalue weighted by Crippen LogP contribution is -2.39. The van der Waals surface area contributed by atoms with Crippen molar-refractivity contribution in [3.63, 3.8) is 0 Å². The molecule has 1 N–H and O–H groups in total. The minimum atomic E-state index is -0.339. The molecule has 0 unspecified atom stereocenters. The molecule has 2 rings (SSSR count). The van der Waals surface area contributed by atoms with Gasteiger partial charge in [-0.15, -0.1) is 11.8 Å². The van der Waals surface area contributed by atoms with Crippen molar-refractivity contribution in [1.29, 1.82) is 0 Å². The number of anilines is 1. The molecule has 0 radical (unpaired) electrons. The van der Waals surface area contributed by atoms with Crippen LogP contribution in [-0.4, -0.2) is 41.3 Å². The zero-order valence-electron chi connectivity index (χ0n) is 12.7. The van der Waals surface area contributed by atoms with Gasteiger partial charge in [-0.05, 0) is 43.0 Å². The first-order valence-corrected chi connectivity index (χ1v) is 8.61. The number of benzene rings is 1. The van der Waals surface area contributed by atoms with Crippen molar-refractivity contribution < 1.29 is 14.0 Å². The van der Waals surface area contributed by atoms with Gasteiger partial charge in [-0.3, -0.25) is 9.59 Å². The van der Waals surface area contributed by atoms with Crippen LogP contribution in [-0.2, 0) is 9.59 Å². The molecular formula is C16H21FN2O2S. The number of amides is 2. The van der Waals surface area contributed by atoms with Crippen LogP contribution in [0.2, 0.25) is 0 Å². The smallest absolute Gasteiger partial charge is 0.234 e. The van der Waals surface area contributed by atoms with E-state index in [-0.39, 0.29) is 23.4 Å².